The number of rotatable bonds is 4. The van der Waals surface area contributed by atoms with Gasteiger partial charge in [-0.15, -0.1) is 11.3 Å². The average molecular weight is 284 g/mol. The number of aromatic carboxylic acids is 1. The van der Waals surface area contributed by atoms with Crippen molar-refractivity contribution in [3.63, 3.8) is 0 Å². The van der Waals surface area contributed by atoms with E-state index in [0.29, 0.717) is 12.4 Å². The van der Waals surface area contributed by atoms with Crippen LogP contribution in [0.1, 0.15) is 15.2 Å². The van der Waals surface area contributed by atoms with E-state index in [0.717, 1.165) is 10.9 Å². The number of hydrogen-bond acceptors (Lipinski definition) is 3. The maximum Gasteiger partial charge on any atom is 0.346 e. The lowest BCUT2D eigenvalue weighted by Crippen LogP contribution is -1.96. The van der Waals surface area contributed by atoms with Gasteiger partial charge in [-0.05, 0) is 16.3 Å². The molecule has 3 aromatic rings. The molecule has 0 amide bonds. The molecule has 0 saturated heterocycles. The Morgan fingerprint density at radius 3 is 2.75 bits per heavy atom. The molecule has 2 aromatic carbocycles. The molecule has 0 aliphatic carbocycles. The number of carboxylic acids is 1. The van der Waals surface area contributed by atoms with Crippen LogP contribution in [0.4, 0.5) is 0 Å². The van der Waals surface area contributed by atoms with Crippen LogP contribution >= 0.6 is 11.3 Å². The number of thiophene rings is 1. The molecule has 0 aliphatic heterocycles. The molecule has 0 fully saturated rings. The quantitative estimate of drug-likeness (QED) is 0.781. The second-order valence-corrected chi connectivity index (χ2v) is 5.29. The summed E-state index contributed by atoms with van der Waals surface area (Å²) in [6, 6.07) is 15.8. The maximum absolute atomic E-state index is 10.8. The predicted octanol–water partition coefficient (Wildman–Crippen LogP) is 4.18. The fraction of sp³-hybridized carbons (Fsp3) is 0.0625. The van der Waals surface area contributed by atoms with Gasteiger partial charge in [-0.3, -0.25) is 0 Å². The first kappa shape index (κ1) is 12.7. The van der Waals surface area contributed by atoms with Crippen LogP contribution < -0.4 is 4.74 Å². The van der Waals surface area contributed by atoms with E-state index < -0.39 is 5.97 Å². The zero-order valence-corrected chi connectivity index (χ0v) is 11.4. The molecule has 0 radical (unpaired) electrons. The smallest absolute Gasteiger partial charge is 0.346 e. The molecule has 100 valence electrons. The predicted molar refractivity (Wildman–Crippen MR) is 79.6 cm³/mol. The van der Waals surface area contributed by atoms with Gasteiger partial charge in [0.15, 0.2) is 0 Å². The Morgan fingerprint density at radius 1 is 1.15 bits per heavy atom. The minimum absolute atomic E-state index is 0.290. The minimum atomic E-state index is -0.921. The fourth-order valence-electron chi connectivity index (χ4n) is 2.09. The van der Waals surface area contributed by atoms with Crippen molar-refractivity contribution in [3.05, 3.63) is 64.4 Å². The van der Waals surface area contributed by atoms with Gasteiger partial charge in [0, 0.05) is 11.4 Å². The Labute approximate surface area is 120 Å². The number of ether oxygens (including phenoxy) is 1. The molecule has 20 heavy (non-hydrogen) atoms. The van der Waals surface area contributed by atoms with E-state index in [1.165, 1.54) is 16.7 Å². The fourth-order valence-corrected chi connectivity index (χ4v) is 2.75. The van der Waals surface area contributed by atoms with Crippen LogP contribution in [-0.4, -0.2) is 11.1 Å². The summed E-state index contributed by atoms with van der Waals surface area (Å²) < 4.78 is 5.68. The van der Waals surface area contributed by atoms with E-state index in [9.17, 15) is 4.79 Å². The number of hydrogen-bond donors (Lipinski definition) is 1. The minimum Gasteiger partial charge on any atom is -0.488 e. The molecule has 1 heterocycles. The summed E-state index contributed by atoms with van der Waals surface area (Å²) in [5, 5.41) is 12.9. The van der Waals surface area contributed by atoms with Crippen molar-refractivity contribution >= 4 is 28.1 Å². The molecule has 1 aromatic heterocycles. The number of fused-ring (bicyclic) bond motifs is 1. The molecule has 0 bridgehead atoms. The van der Waals surface area contributed by atoms with Crippen molar-refractivity contribution in [2.45, 2.75) is 6.61 Å². The van der Waals surface area contributed by atoms with Gasteiger partial charge >= 0.3 is 5.97 Å². The second-order valence-electron chi connectivity index (χ2n) is 4.38. The summed E-state index contributed by atoms with van der Waals surface area (Å²) in [4.78, 5) is 11.1. The molecular formula is C16H12O3S. The van der Waals surface area contributed by atoms with E-state index in [2.05, 4.69) is 18.2 Å². The standard InChI is InChI=1S/C16H12O3S/c17-16(18)15-8-13(10-20-15)19-9-12-6-3-5-11-4-1-2-7-14(11)12/h1-8,10H,9H2,(H,17,18). The maximum atomic E-state index is 10.8. The Balaban J connectivity index is 1.81. The van der Waals surface area contributed by atoms with Crippen LogP contribution in [-0.2, 0) is 6.61 Å². The Hall–Kier alpha value is -2.33. The number of benzene rings is 2. The van der Waals surface area contributed by atoms with Gasteiger partial charge in [0.05, 0.1) is 0 Å². The van der Waals surface area contributed by atoms with Gasteiger partial charge in [-0.2, -0.15) is 0 Å². The third-order valence-electron chi connectivity index (χ3n) is 3.06. The summed E-state index contributed by atoms with van der Waals surface area (Å²) in [6.45, 7) is 0.428. The lowest BCUT2D eigenvalue weighted by molar-refractivity contribution is 0.0702. The highest BCUT2D eigenvalue weighted by atomic mass is 32.1. The molecule has 3 nitrogen and oxygen atoms in total. The Morgan fingerprint density at radius 2 is 1.95 bits per heavy atom. The summed E-state index contributed by atoms with van der Waals surface area (Å²) >= 11 is 1.17. The lowest BCUT2D eigenvalue weighted by atomic mass is 10.1. The van der Waals surface area contributed by atoms with Gasteiger partial charge in [-0.1, -0.05) is 42.5 Å². The van der Waals surface area contributed by atoms with Crippen molar-refractivity contribution in [2.24, 2.45) is 0 Å². The van der Waals surface area contributed by atoms with Crippen LogP contribution in [0.3, 0.4) is 0 Å². The molecule has 0 aliphatic rings. The van der Waals surface area contributed by atoms with Gasteiger partial charge in [0.2, 0.25) is 0 Å². The molecule has 4 heteroatoms. The van der Waals surface area contributed by atoms with E-state index in [1.807, 2.05) is 24.3 Å². The average Bonchev–Trinajstić information content (AvgIpc) is 2.94. The molecule has 0 unspecified atom stereocenters. The van der Waals surface area contributed by atoms with E-state index in [1.54, 1.807) is 11.4 Å². The highest BCUT2D eigenvalue weighted by Crippen LogP contribution is 2.24. The van der Waals surface area contributed by atoms with Gasteiger partial charge in [0.25, 0.3) is 0 Å². The largest absolute Gasteiger partial charge is 0.488 e. The number of carboxylic acid groups (broad SMARTS) is 1. The van der Waals surface area contributed by atoms with E-state index in [-0.39, 0.29) is 4.88 Å². The van der Waals surface area contributed by atoms with Crippen molar-refractivity contribution in [3.8, 4) is 5.75 Å². The Bertz CT molecular complexity index is 756. The van der Waals surface area contributed by atoms with Crippen LogP contribution in [0.5, 0.6) is 5.75 Å². The second kappa shape index (κ2) is 5.35. The van der Waals surface area contributed by atoms with Crippen molar-refractivity contribution in [2.75, 3.05) is 0 Å². The van der Waals surface area contributed by atoms with Crippen molar-refractivity contribution in [1.82, 2.24) is 0 Å². The van der Waals surface area contributed by atoms with Crippen molar-refractivity contribution < 1.29 is 14.6 Å². The van der Waals surface area contributed by atoms with E-state index in [4.69, 9.17) is 9.84 Å². The summed E-state index contributed by atoms with van der Waals surface area (Å²) in [5.41, 5.74) is 1.09. The molecule has 0 spiro atoms. The summed E-state index contributed by atoms with van der Waals surface area (Å²) in [6.07, 6.45) is 0. The highest BCUT2D eigenvalue weighted by molar-refractivity contribution is 7.12. The number of carbonyl (C=O) groups is 1. The van der Waals surface area contributed by atoms with Crippen LogP contribution in [0.2, 0.25) is 0 Å². The summed E-state index contributed by atoms with van der Waals surface area (Å²) in [7, 11) is 0. The molecule has 0 saturated carbocycles. The van der Waals surface area contributed by atoms with Crippen molar-refractivity contribution in [1.29, 1.82) is 0 Å². The SMILES string of the molecule is O=C(O)c1cc(OCc2cccc3ccccc23)cs1. The van der Waals surface area contributed by atoms with Gasteiger partial charge in [-0.25, -0.2) is 4.79 Å². The van der Waals surface area contributed by atoms with Crippen LogP contribution in [0.15, 0.2) is 53.9 Å². The monoisotopic (exact) mass is 284 g/mol. The molecule has 0 atom stereocenters. The molecular weight excluding hydrogens is 272 g/mol. The highest BCUT2D eigenvalue weighted by Gasteiger charge is 2.08. The zero-order valence-electron chi connectivity index (χ0n) is 10.6. The third-order valence-corrected chi connectivity index (χ3v) is 3.96. The van der Waals surface area contributed by atoms with Gasteiger partial charge in [0.1, 0.15) is 17.2 Å². The van der Waals surface area contributed by atoms with Gasteiger partial charge < -0.3 is 9.84 Å². The zero-order chi connectivity index (χ0) is 13.9. The first-order valence-corrected chi connectivity index (χ1v) is 7.03. The first-order chi connectivity index (χ1) is 9.74. The Kier molecular flexibility index (Phi) is 3.39. The summed E-state index contributed by atoms with van der Waals surface area (Å²) in [5.74, 6) is -0.324. The third kappa shape index (κ3) is 2.51. The first-order valence-electron chi connectivity index (χ1n) is 6.15. The normalized spacial score (nSPS) is 10.6. The molecule has 3 rings (SSSR count). The van der Waals surface area contributed by atoms with Crippen LogP contribution in [0.25, 0.3) is 10.8 Å². The topological polar surface area (TPSA) is 46.5 Å². The molecule has 1 N–H and O–H groups in total. The van der Waals surface area contributed by atoms with E-state index >= 15 is 0 Å². The lowest BCUT2D eigenvalue weighted by Gasteiger charge is -2.07. The van der Waals surface area contributed by atoms with Crippen LogP contribution in [0, 0.1) is 0 Å².